The summed E-state index contributed by atoms with van der Waals surface area (Å²) in [5.41, 5.74) is 4.34. The van der Waals surface area contributed by atoms with E-state index in [1.807, 2.05) is 42.6 Å². The highest BCUT2D eigenvalue weighted by molar-refractivity contribution is 5.68. The third-order valence-electron chi connectivity index (χ3n) is 6.62. The Balaban J connectivity index is 1.29. The molecule has 1 N–H and O–H groups in total. The van der Waals surface area contributed by atoms with Crippen molar-refractivity contribution in [2.75, 3.05) is 36.5 Å². The summed E-state index contributed by atoms with van der Waals surface area (Å²) in [6, 6.07) is 17.7. The first-order chi connectivity index (χ1) is 18.2. The van der Waals surface area contributed by atoms with Crippen molar-refractivity contribution in [2.24, 2.45) is 0 Å². The molecule has 5 heterocycles. The Bertz CT molecular complexity index is 1430. The number of aromatic nitrogens is 6. The first kappa shape index (κ1) is 23.1. The van der Waals surface area contributed by atoms with Crippen LogP contribution in [0.25, 0.3) is 22.6 Å². The number of benzene rings is 1. The third-order valence-corrected chi connectivity index (χ3v) is 6.62. The molecule has 0 saturated carbocycles. The summed E-state index contributed by atoms with van der Waals surface area (Å²) in [4.78, 5) is 16.6. The van der Waals surface area contributed by atoms with Crippen LogP contribution in [0.3, 0.4) is 0 Å². The third kappa shape index (κ3) is 5.27. The van der Waals surface area contributed by atoms with E-state index in [2.05, 4.69) is 32.7 Å². The lowest BCUT2D eigenvalue weighted by atomic mass is 10.1. The fraction of sp³-hybridized carbons (Fsp3) is 0.333. The van der Waals surface area contributed by atoms with E-state index in [1.165, 1.54) is 12.8 Å². The molecule has 10 heteroatoms. The molecule has 0 unspecified atom stereocenters. The maximum atomic E-state index is 9.35. The number of hydrogen-bond acceptors (Lipinski definition) is 9. The SMILES string of the molecule is N#Cc1cccc(-c2cc(-c3cn(Cc4cccc(N5CCCC5)n4)nn3)nc(N[C@@H]3CCOC3)n2)c1. The lowest BCUT2D eigenvalue weighted by Gasteiger charge is -2.16. The van der Waals surface area contributed by atoms with E-state index in [1.54, 1.807) is 10.7 Å². The highest BCUT2D eigenvalue weighted by Gasteiger charge is 2.19. The minimum atomic E-state index is 0.151. The quantitative estimate of drug-likeness (QED) is 0.412. The summed E-state index contributed by atoms with van der Waals surface area (Å²) in [5, 5.41) is 21.5. The molecule has 2 fully saturated rings. The van der Waals surface area contributed by atoms with Gasteiger partial charge in [-0.05, 0) is 49.6 Å². The monoisotopic (exact) mass is 493 g/mol. The standard InChI is InChI=1S/C27H27N9O/c28-15-19-5-3-6-20(13-19)23-14-24(32-27(31-23)30-22-9-12-37-18-22)25-17-36(34-33-25)16-21-7-4-8-26(29-21)35-10-1-2-11-35/h3-8,13-14,17,22H,1-2,9-12,16,18H2,(H,30,31,32)/t22-/m1/s1. The number of hydrogen-bond donors (Lipinski definition) is 1. The summed E-state index contributed by atoms with van der Waals surface area (Å²) >= 11 is 0. The van der Waals surface area contributed by atoms with Crippen LogP contribution in [-0.2, 0) is 11.3 Å². The molecule has 1 aromatic carbocycles. The van der Waals surface area contributed by atoms with Crippen LogP contribution in [0.2, 0.25) is 0 Å². The Hall–Kier alpha value is -4.36. The fourth-order valence-electron chi connectivity index (χ4n) is 4.71. The minimum Gasteiger partial charge on any atom is -0.379 e. The van der Waals surface area contributed by atoms with Crippen LogP contribution in [0.4, 0.5) is 11.8 Å². The first-order valence-corrected chi connectivity index (χ1v) is 12.6. The van der Waals surface area contributed by atoms with Gasteiger partial charge in [-0.3, -0.25) is 0 Å². The Morgan fingerprint density at radius 2 is 1.86 bits per heavy atom. The molecule has 4 aromatic rings. The van der Waals surface area contributed by atoms with Gasteiger partial charge in [0.2, 0.25) is 5.95 Å². The van der Waals surface area contributed by atoms with Gasteiger partial charge in [-0.1, -0.05) is 23.4 Å². The summed E-state index contributed by atoms with van der Waals surface area (Å²) in [6.45, 7) is 3.96. The van der Waals surface area contributed by atoms with Crippen LogP contribution < -0.4 is 10.2 Å². The van der Waals surface area contributed by atoms with Gasteiger partial charge in [0.05, 0.1) is 54.1 Å². The van der Waals surface area contributed by atoms with Gasteiger partial charge in [-0.15, -0.1) is 5.10 Å². The van der Waals surface area contributed by atoms with Crippen molar-refractivity contribution in [3.05, 3.63) is 66.0 Å². The summed E-state index contributed by atoms with van der Waals surface area (Å²) in [7, 11) is 0. The maximum Gasteiger partial charge on any atom is 0.224 e. The summed E-state index contributed by atoms with van der Waals surface area (Å²) in [5.74, 6) is 1.52. The predicted molar refractivity (Wildman–Crippen MR) is 139 cm³/mol. The second kappa shape index (κ2) is 10.3. The summed E-state index contributed by atoms with van der Waals surface area (Å²) < 4.78 is 7.28. The number of nitriles is 1. The first-order valence-electron chi connectivity index (χ1n) is 12.6. The molecule has 0 spiro atoms. The van der Waals surface area contributed by atoms with E-state index in [0.29, 0.717) is 41.7 Å². The van der Waals surface area contributed by atoms with Crippen LogP contribution in [0, 0.1) is 11.3 Å². The molecule has 37 heavy (non-hydrogen) atoms. The lowest BCUT2D eigenvalue weighted by Crippen LogP contribution is -2.20. The molecule has 0 radical (unpaired) electrons. The Kier molecular flexibility index (Phi) is 6.44. The zero-order valence-corrected chi connectivity index (χ0v) is 20.4. The molecular weight excluding hydrogens is 466 g/mol. The van der Waals surface area contributed by atoms with Crippen molar-refractivity contribution >= 4 is 11.8 Å². The van der Waals surface area contributed by atoms with Crippen LogP contribution >= 0.6 is 0 Å². The molecule has 6 rings (SSSR count). The van der Waals surface area contributed by atoms with E-state index in [4.69, 9.17) is 19.7 Å². The molecule has 0 amide bonds. The van der Waals surface area contributed by atoms with Gasteiger partial charge in [0, 0.05) is 25.3 Å². The van der Waals surface area contributed by atoms with Crippen molar-refractivity contribution in [1.82, 2.24) is 29.9 Å². The smallest absolute Gasteiger partial charge is 0.224 e. The van der Waals surface area contributed by atoms with E-state index in [-0.39, 0.29) is 6.04 Å². The van der Waals surface area contributed by atoms with E-state index < -0.39 is 0 Å². The molecular formula is C27H27N9O. The molecule has 186 valence electrons. The molecule has 10 nitrogen and oxygen atoms in total. The molecule has 1 atom stereocenters. The Labute approximate surface area is 215 Å². The van der Waals surface area contributed by atoms with E-state index in [9.17, 15) is 5.26 Å². The number of nitrogens with one attached hydrogen (secondary N) is 1. The maximum absolute atomic E-state index is 9.35. The zero-order chi connectivity index (χ0) is 25.0. The molecule has 2 aliphatic rings. The molecule has 2 aliphatic heterocycles. The number of pyridine rings is 1. The van der Waals surface area contributed by atoms with E-state index >= 15 is 0 Å². The van der Waals surface area contributed by atoms with Gasteiger partial charge >= 0.3 is 0 Å². The fourth-order valence-corrected chi connectivity index (χ4v) is 4.71. The average molecular weight is 494 g/mol. The number of rotatable bonds is 7. The van der Waals surface area contributed by atoms with Gasteiger partial charge < -0.3 is 15.0 Å². The summed E-state index contributed by atoms with van der Waals surface area (Å²) in [6.07, 6.45) is 5.20. The second-order valence-corrected chi connectivity index (χ2v) is 9.34. The number of ether oxygens (including phenoxy) is 1. The van der Waals surface area contributed by atoms with Crippen molar-refractivity contribution in [3.63, 3.8) is 0 Å². The average Bonchev–Trinajstić information content (AvgIpc) is 3.72. The van der Waals surface area contributed by atoms with Crippen LogP contribution in [0.5, 0.6) is 0 Å². The number of nitrogens with zero attached hydrogens (tertiary/aromatic N) is 8. The highest BCUT2D eigenvalue weighted by Crippen LogP contribution is 2.26. The van der Waals surface area contributed by atoms with Gasteiger partial charge in [-0.2, -0.15) is 5.26 Å². The van der Waals surface area contributed by atoms with E-state index in [0.717, 1.165) is 43.2 Å². The predicted octanol–water partition coefficient (Wildman–Crippen LogP) is 3.52. The van der Waals surface area contributed by atoms with Crippen LogP contribution in [0.1, 0.15) is 30.5 Å². The molecule has 3 aromatic heterocycles. The van der Waals surface area contributed by atoms with Crippen molar-refractivity contribution in [1.29, 1.82) is 5.26 Å². The second-order valence-electron chi connectivity index (χ2n) is 9.34. The van der Waals surface area contributed by atoms with Gasteiger partial charge in [0.15, 0.2) is 0 Å². The minimum absolute atomic E-state index is 0.151. The lowest BCUT2D eigenvalue weighted by molar-refractivity contribution is 0.195. The van der Waals surface area contributed by atoms with Gasteiger partial charge in [0.25, 0.3) is 0 Å². The Morgan fingerprint density at radius 1 is 1.00 bits per heavy atom. The van der Waals surface area contributed by atoms with Gasteiger partial charge in [-0.25, -0.2) is 19.6 Å². The molecule has 0 aliphatic carbocycles. The van der Waals surface area contributed by atoms with Crippen molar-refractivity contribution in [2.45, 2.75) is 31.8 Å². The molecule has 2 saturated heterocycles. The molecule has 0 bridgehead atoms. The Morgan fingerprint density at radius 3 is 2.70 bits per heavy atom. The van der Waals surface area contributed by atoms with Gasteiger partial charge in [0.1, 0.15) is 11.5 Å². The van der Waals surface area contributed by atoms with Crippen molar-refractivity contribution in [3.8, 4) is 28.7 Å². The largest absolute Gasteiger partial charge is 0.379 e. The topological polar surface area (TPSA) is 118 Å². The van der Waals surface area contributed by atoms with Crippen molar-refractivity contribution < 1.29 is 4.74 Å². The zero-order valence-electron chi connectivity index (χ0n) is 20.4. The van der Waals surface area contributed by atoms with Crippen LogP contribution in [0.15, 0.2) is 54.7 Å². The van der Waals surface area contributed by atoms with Crippen LogP contribution in [-0.4, -0.2) is 62.3 Å². The number of anilines is 2. The normalized spacial score (nSPS) is 17.2. The highest BCUT2D eigenvalue weighted by atomic mass is 16.5.